The standard InChI is InChI=1S/C19H11F6N3O2/c1-9-8-14(29)17(18(30)26-12-7-6-11(20)15(21)16(12)22)27-28(9)13-5-3-2-4-10(13)19(23,24)25/h2-8H,1H3,(H,26,30). The van der Waals surface area contributed by atoms with E-state index in [0.717, 1.165) is 35.0 Å². The van der Waals surface area contributed by atoms with Gasteiger partial charge in [0.05, 0.1) is 16.9 Å². The molecule has 1 amide bonds. The van der Waals surface area contributed by atoms with Crippen LogP contribution in [0.2, 0.25) is 0 Å². The van der Waals surface area contributed by atoms with Gasteiger partial charge >= 0.3 is 6.18 Å². The molecular weight excluding hydrogens is 416 g/mol. The molecule has 0 aliphatic heterocycles. The van der Waals surface area contributed by atoms with Gasteiger partial charge in [-0.3, -0.25) is 9.59 Å². The monoisotopic (exact) mass is 427 g/mol. The first kappa shape index (κ1) is 21.1. The SMILES string of the molecule is Cc1cc(=O)c(C(=O)Nc2ccc(F)c(F)c2F)nn1-c1ccccc1C(F)(F)F. The van der Waals surface area contributed by atoms with Gasteiger partial charge < -0.3 is 5.32 Å². The number of aryl methyl sites for hydroxylation is 1. The molecule has 0 saturated heterocycles. The highest BCUT2D eigenvalue weighted by Gasteiger charge is 2.34. The lowest BCUT2D eigenvalue weighted by atomic mass is 10.1. The highest BCUT2D eigenvalue weighted by molar-refractivity contribution is 6.02. The van der Waals surface area contributed by atoms with E-state index in [1.54, 1.807) is 0 Å². The van der Waals surface area contributed by atoms with Gasteiger partial charge in [-0.1, -0.05) is 12.1 Å². The molecule has 30 heavy (non-hydrogen) atoms. The maximum Gasteiger partial charge on any atom is 0.418 e. The molecule has 1 N–H and O–H groups in total. The van der Waals surface area contributed by atoms with Crippen molar-refractivity contribution >= 4 is 11.6 Å². The number of nitrogens with zero attached hydrogens (tertiary/aromatic N) is 2. The Morgan fingerprint density at radius 1 is 1.03 bits per heavy atom. The van der Waals surface area contributed by atoms with Crippen LogP contribution in [-0.2, 0) is 6.18 Å². The van der Waals surface area contributed by atoms with Crippen LogP contribution < -0.4 is 10.7 Å². The third-order valence-electron chi connectivity index (χ3n) is 4.04. The second-order valence-electron chi connectivity index (χ2n) is 6.10. The zero-order valence-corrected chi connectivity index (χ0v) is 15.0. The molecule has 0 radical (unpaired) electrons. The second kappa shape index (κ2) is 7.65. The van der Waals surface area contributed by atoms with E-state index < -0.39 is 57.6 Å². The summed E-state index contributed by atoms with van der Waals surface area (Å²) in [5.41, 5.74) is -4.14. The average molecular weight is 427 g/mol. The Balaban J connectivity index is 2.08. The number of hydrogen-bond acceptors (Lipinski definition) is 3. The topological polar surface area (TPSA) is 64.0 Å². The summed E-state index contributed by atoms with van der Waals surface area (Å²) in [6.45, 7) is 1.30. The number of halogens is 6. The minimum atomic E-state index is -4.75. The van der Waals surface area contributed by atoms with Crippen LogP contribution in [0, 0.1) is 24.4 Å². The number of carbonyl (C=O) groups excluding carboxylic acids is 1. The molecule has 0 spiro atoms. The summed E-state index contributed by atoms with van der Waals surface area (Å²) < 4.78 is 80.8. The first-order valence-electron chi connectivity index (χ1n) is 8.23. The molecule has 0 saturated carbocycles. The van der Waals surface area contributed by atoms with Crippen molar-refractivity contribution in [2.45, 2.75) is 13.1 Å². The molecule has 11 heteroatoms. The van der Waals surface area contributed by atoms with Gasteiger partial charge in [-0.15, -0.1) is 0 Å². The smallest absolute Gasteiger partial charge is 0.318 e. The highest BCUT2D eigenvalue weighted by Crippen LogP contribution is 2.33. The lowest BCUT2D eigenvalue weighted by Gasteiger charge is -2.16. The largest absolute Gasteiger partial charge is 0.418 e. The summed E-state index contributed by atoms with van der Waals surface area (Å²) in [5.74, 6) is -6.37. The molecule has 3 aromatic rings. The lowest BCUT2D eigenvalue weighted by Crippen LogP contribution is -2.28. The van der Waals surface area contributed by atoms with Crippen LogP contribution in [0.25, 0.3) is 5.69 Å². The van der Waals surface area contributed by atoms with Gasteiger partial charge in [-0.25, -0.2) is 17.9 Å². The Kier molecular flexibility index (Phi) is 5.38. The van der Waals surface area contributed by atoms with Gasteiger partial charge in [-0.05, 0) is 31.2 Å². The average Bonchev–Trinajstić information content (AvgIpc) is 2.68. The van der Waals surface area contributed by atoms with Crippen molar-refractivity contribution in [3.05, 3.63) is 87.1 Å². The molecule has 0 aliphatic carbocycles. The number of benzene rings is 2. The number of alkyl halides is 3. The Labute approximate surface area is 164 Å². The summed E-state index contributed by atoms with van der Waals surface area (Å²) >= 11 is 0. The fourth-order valence-corrected chi connectivity index (χ4v) is 2.65. The van der Waals surface area contributed by atoms with Crippen molar-refractivity contribution in [3.8, 4) is 5.69 Å². The van der Waals surface area contributed by atoms with E-state index in [0.29, 0.717) is 6.07 Å². The van der Waals surface area contributed by atoms with Crippen molar-refractivity contribution in [3.63, 3.8) is 0 Å². The molecule has 1 aromatic heterocycles. The van der Waals surface area contributed by atoms with Crippen LogP contribution in [0.4, 0.5) is 32.0 Å². The molecule has 2 aromatic carbocycles. The number of hydrogen-bond donors (Lipinski definition) is 1. The predicted octanol–water partition coefficient (Wildman–Crippen LogP) is 4.23. The summed E-state index contributed by atoms with van der Waals surface area (Å²) in [6, 6.07) is 6.49. The fraction of sp³-hybridized carbons (Fsp3) is 0.105. The summed E-state index contributed by atoms with van der Waals surface area (Å²) in [6.07, 6.45) is -4.75. The molecule has 0 atom stereocenters. The minimum absolute atomic E-state index is 0.00717. The number of para-hydroxylation sites is 1. The van der Waals surface area contributed by atoms with Gasteiger partial charge in [0.15, 0.2) is 23.1 Å². The molecule has 1 heterocycles. The van der Waals surface area contributed by atoms with Gasteiger partial charge in [0.2, 0.25) is 5.43 Å². The maximum absolute atomic E-state index is 13.8. The van der Waals surface area contributed by atoms with E-state index in [1.165, 1.54) is 13.0 Å². The van der Waals surface area contributed by atoms with E-state index in [1.807, 2.05) is 5.32 Å². The lowest BCUT2D eigenvalue weighted by molar-refractivity contribution is -0.137. The number of rotatable bonds is 3. The fourth-order valence-electron chi connectivity index (χ4n) is 2.65. The van der Waals surface area contributed by atoms with Crippen molar-refractivity contribution in [2.24, 2.45) is 0 Å². The molecule has 0 aliphatic rings. The van der Waals surface area contributed by atoms with Crippen molar-refractivity contribution in [1.82, 2.24) is 9.78 Å². The minimum Gasteiger partial charge on any atom is -0.318 e. The number of nitrogens with one attached hydrogen (secondary N) is 1. The normalized spacial score (nSPS) is 11.4. The van der Waals surface area contributed by atoms with Crippen molar-refractivity contribution < 1.29 is 31.1 Å². The molecule has 156 valence electrons. The first-order chi connectivity index (χ1) is 14.0. The molecule has 3 rings (SSSR count). The number of amides is 1. The van der Waals surface area contributed by atoms with E-state index in [9.17, 15) is 35.9 Å². The van der Waals surface area contributed by atoms with Gasteiger partial charge in [-0.2, -0.15) is 18.3 Å². The van der Waals surface area contributed by atoms with E-state index in [4.69, 9.17) is 0 Å². The summed E-state index contributed by atoms with van der Waals surface area (Å²) in [4.78, 5) is 24.5. The molecular formula is C19H11F6N3O2. The van der Waals surface area contributed by atoms with Crippen LogP contribution in [0.1, 0.15) is 21.7 Å². The van der Waals surface area contributed by atoms with Crippen LogP contribution >= 0.6 is 0 Å². The molecule has 0 bridgehead atoms. The van der Waals surface area contributed by atoms with Gasteiger partial charge in [0.1, 0.15) is 0 Å². The van der Waals surface area contributed by atoms with E-state index in [2.05, 4.69) is 5.10 Å². The third kappa shape index (κ3) is 3.91. The van der Waals surface area contributed by atoms with Gasteiger partial charge in [0.25, 0.3) is 5.91 Å². The summed E-state index contributed by atoms with van der Waals surface area (Å²) in [5, 5.41) is 5.54. The van der Waals surface area contributed by atoms with Crippen molar-refractivity contribution in [1.29, 1.82) is 0 Å². The number of carbonyl (C=O) groups is 1. The molecule has 0 unspecified atom stereocenters. The van der Waals surface area contributed by atoms with Crippen LogP contribution in [0.5, 0.6) is 0 Å². The predicted molar refractivity (Wildman–Crippen MR) is 93.8 cm³/mol. The van der Waals surface area contributed by atoms with Crippen LogP contribution in [-0.4, -0.2) is 15.7 Å². The number of aromatic nitrogens is 2. The Hall–Kier alpha value is -3.63. The maximum atomic E-state index is 13.8. The summed E-state index contributed by atoms with van der Waals surface area (Å²) in [7, 11) is 0. The molecule has 5 nitrogen and oxygen atoms in total. The molecule has 0 fully saturated rings. The third-order valence-corrected chi connectivity index (χ3v) is 4.04. The number of anilines is 1. The Bertz CT molecular complexity index is 1200. The Morgan fingerprint density at radius 2 is 1.70 bits per heavy atom. The van der Waals surface area contributed by atoms with Crippen molar-refractivity contribution in [2.75, 3.05) is 5.32 Å². The highest BCUT2D eigenvalue weighted by atomic mass is 19.4. The van der Waals surface area contributed by atoms with E-state index >= 15 is 0 Å². The second-order valence-corrected chi connectivity index (χ2v) is 6.10. The van der Waals surface area contributed by atoms with Crippen LogP contribution in [0.3, 0.4) is 0 Å². The zero-order valence-electron chi connectivity index (χ0n) is 15.0. The zero-order chi connectivity index (χ0) is 22.2. The first-order valence-corrected chi connectivity index (χ1v) is 8.23. The quantitative estimate of drug-likeness (QED) is 0.503. The van der Waals surface area contributed by atoms with E-state index in [-0.39, 0.29) is 5.69 Å². The van der Waals surface area contributed by atoms with Crippen LogP contribution in [0.15, 0.2) is 47.3 Å². The Morgan fingerprint density at radius 3 is 2.37 bits per heavy atom. The van der Waals surface area contributed by atoms with Gasteiger partial charge in [0, 0.05) is 11.8 Å².